The minimum absolute atomic E-state index is 0.189. The number of carbonyl (C=O) groups excluding carboxylic acids is 1. The molecule has 0 aromatic rings. The van der Waals surface area contributed by atoms with Crippen LogP contribution in [0, 0.1) is 0 Å². The molecule has 1 fully saturated rings. The van der Waals surface area contributed by atoms with Gasteiger partial charge in [-0.15, -0.1) is 0 Å². The van der Waals surface area contributed by atoms with Gasteiger partial charge in [0.2, 0.25) is 0 Å². The van der Waals surface area contributed by atoms with Crippen molar-refractivity contribution in [2.24, 2.45) is 0 Å². The average Bonchev–Trinajstić information content (AvgIpc) is 2.50. The SMILES string of the molecule is COC(=O)N1CCC(OC)C1. The predicted octanol–water partition coefficient (Wildman–Crippen LogP) is 0.474. The molecule has 1 heterocycles. The van der Waals surface area contributed by atoms with Gasteiger partial charge in [0.15, 0.2) is 0 Å². The van der Waals surface area contributed by atoms with E-state index in [0.717, 1.165) is 13.0 Å². The fourth-order valence-electron chi connectivity index (χ4n) is 1.22. The number of methoxy groups -OCH3 is 2. The lowest BCUT2D eigenvalue weighted by atomic mass is 10.3. The van der Waals surface area contributed by atoms with Crippen LogP contribution in [0.1, 0.15) is 6.42 Å². The maximum atomic E-state index is 10.9. The van der Waals surface area contributed by atoms with Crippen LogP contribution in [-0.4, -0.2) is 44.4 Å². The molecule has 0 bridgehead atoms. The maximum absolute atomic E-state index is 10.9. The van der Waals surface area contributed by atoms with Gasteiger partial charge in [0.1, 0.15) is 0 Å². The minimum Gasteiger partial charge on any atom is -0.453 e. The van der Waals surface area contributed by atoms with Gasteiger partial charge in [-0.3, -0.25) is 0 Å². The topological polar surface area (TPSA) is 38.8 Å². The summed E-state index contributed by atoms with van der Waals surface area (Å²) in [6, 6.07) is 0. The number of likely N-dealkylation sites (tertiary alicyclic amines) is 1. The second-order valence-electron chi connectivity index (χ2n) is 2.56. The first-order chi connectivity index (χ1) is 5.27. The highest BCUT2D eigenvalue weighted by molar-refractivity contribution is 5.67. The van der Waals surface area contributed by atoms with Gasteiger partial charge in [0.05, 0.1) is 19.8 Å². The van der Waals surface area contributed by atoms with Crippen molar-refractivity contribution in [3.8, 4) is 0 Å². The molecule has 1 amide bonds. The Balaban J connectivity index is 2.35. The number of amides is 1. The van der Waals surface area contributed by atoms with Gasteiger partial charge in [0.25, 0.3) is 0 Å². The molecule has 0 N–H and O–H groups in total. The van der Waals surface area contributed by atoms with E-state index < -0.39 is 0 Å². The van der Waals surface area contributed by atoms with Crippen LogP contribution in [0.25, 0.3) is 0 Å². The summed E-state index contributed by atoms with van der Waals surface area (Å²) in [4.78, 5) is 12.6. The van der Waals surface area contributed by atoms with Gasteiger partial charge in [-0.2, -0.15) is 0 Å². The molecule has 1 saturated heterocycles. The fraction of sp³-hybridized carbons (Fsp3) is 0.857. The Labute approximate surface area is 66.1 Å². The molecule has 4 nitrogen and oxygen atoms in total. The molecule has 0 spiro atoms. The van der Waals surface area contributed by atoms with E-state index >= 15 is 0 Å². The third-order valence-corrected chi connectivity index (χ3v) is 1.91. The second kappa shape index (κ2) is 3.57. The smallest absolute Gasteiger partial charge is 0.409 e. The molecule has 0 aromatic carbocycles. The van der Waals surface area contributed by atoms with E-state index in [1.54, 1.807) is 12.0 Å². The Morgan fingerprint density at radius 1 is 1.55 bits per heavy atom. The number of carbonyl (C=O) groups is 1. The molecule has 1 rings (SSSR count). The first-order valence-electron chi connectivity index (χ1n) is 3.63. The summed E-state index contributed by atoms with van der Waals surface area (Å²) < 4.78 is 9.64. The van der Waals surface area contributed by atoms with E-state index in [9.17, 15) is 4.79 Å². The number of ether oxygens (including phenoxy) is 2. The molecule has 1 aliphatic heterocycles. The van der Waals surface area contributed by atoms with Crippen molar-refractivity contribution >= 4 is 6.09 Å². The van der Waals surface area contributed by atoms with Crippen LogP contribution in [0.4, 0.5) is 4.79 Å². The average molecular weight is 159 g/mol. The number of hydrogen-bond acceptors (Lipinski definition) is 3. The monoisotopic (exact) mass is 159 g/mol. The van der Waals surface area contributed by atoms with Crippen LogP contribution in [0.5, 0.6) is 0 Å². The highest BCUT2D eigenvalue weighted by Crippen LogP contribution is 2.11. The first kappa shape index (κ1) is 8.33. The van der Waals surface area contributed by atoms with Gasteiger partial charge in [0, 0.05) is 13.7 Å². The number of rotatable bonds is 1. The molecular formula is C7H13NO3. The molecule has 0 aliphatic carbocycles. The standard InChI is InChI=1S/C7H13NO3/c1-10-6-3-4-8(5-6)7(9)11-2/h6H,3-5H2,1-2H3. The molecule has 0 aromatic heterocycles. The Morgan fingerprint density at radius 2 is 2.27 bits per heavy atom. The Kier molecular flexibility index (Phi) is 2.70. The highest BCUT2D eigenvalue weighted by Gasteiger charge is 2.26. The van der Waals surface area contributed by atoms with Crippen molar-refractivity contribution in [2.75, 3.05) is 27.3 Å². The normalized spacial score (nSPS) is 23.8. The summed E-state index contributed by atoms with van der Waals surface area (Å²) in [6.07, 6.45) is 0.838. The molecular weight excluding hydrogens is 146 g/mol. The van der Waals surface area contributed by atoms with Crippen molar-refractivity contribution in [2.45, 2.75) is 12.5 Å². The fourth-order valence-corrected chi connectivity index (χ4v) is 1.22. The third kappa shape index (κ3) is 1.83. The van der Waals surface area contributed by atoms with Gasteiger partial charge in [-0.05, 0) is 6.42 Å². The van der Waals surface area contributed by atoms with Gasteiger partial charge in [-0.1, -0.05) is 0 Å². The zero-order chi connectivity index (χ0) is 8.27. The molecule has 0 saturated carbocycles. The molecule has 64 valence electrons. The van der Waals surface area contributed by atoms with Gasteiger partial charge in [-0.25, -0.2) is 4.79 Å². The van der Waals surface area contributed by atoms with E-state index in [0.29, 0.717) is 6.54 Å². The van der Waals surface area contributed by atoms with Crippen LogP contribution >= 0.6 is 0 Å². The van der Waals surface area contributed by atoms with Crippen LogP contribution in [0.15, 0.2) is 0 Å². The predicted molar refractivity (Wildman–Crippen MR) is 39.4 cm³/mol. The van der Waals surface area contributed by atoms with Crippen molar-refractivity contribution in [1.29, 1.82) is 0 Å². The number of hydrogen-bond donors (Lipinski definition) is 0. The van der Waals surface area contributed by atoms with Crippen molar-refractivity contribution in [3.05, 3.63) is 0 Å². The Bertz CT molecular complexity index is 149. The third-order valence-electron chi connectivity index (χ3n) is 1.91. The van der Waals surface area contributed by atoms with E-state index in [1.807, 2.05) is 0 Å². The zero-order valence-electron chi connectivity index (χ0n) is 6.87. The summed E-state index contributed by atoms with van der Waals surface area (Å²) in [5.74, 6) is 0. The van der Waals surface area contributed by atoms with Crippen LogP contribution in [0.3, 0.4) is 0 Å². The van der Waals surface area contributed by atoms with Crippen LogP contribution in [-0.2, 0) is 9.47 Å². The van der Waals surface area contributed by atoms with Crippen molar-refractivity contribution in [3.63, 3.8) is 0 Å². The molecule has 0 radical (unpaired) electrons. The minimum atomic E-state index is -0.260. The molecule has 1 aliphatic rings. The summed E-state index contributed by atoms with van der Waals surface area (Å²) in [5.41, 5.74) is 0. The lowest BCUT2D eigenvalue weighted by molar-refractivity contribution is 0.0974. The van der Waals surface area contributed by atoms with E-state index in [4.69, 9.17) is 4.74 Å². The van der Waals surface area contributed by atoms with E-state index in [1.165, 1.54) is 7.11 Å². The van der Waals surface area contributed by atoms with Crippen LogP contribution in [0.2, 0.25) is 0 Å². The Morgan fingerprint density at radius 3 is 2.73 bits per heavy atom. The van der Waals surface area contributed by atoms with Crippen molar-refractivity contribution < 1.29 is 14.3 Å². The summed E-state index contributed by atoms with van der Waals surface area (Å²) in [5, 5.41) is 0. The highest BCUT2D eigenvalue weighted by atomic mass is 16.5. The lowest BCUT2D eigenvalue weighted by Gasteiger charge is -2.13. The maximum Gasteiger partial charge on any atom is 0.409 e. The largest absolute Gasteiger partial charge is 0.453 e. The van der Waals surface area contributed by atoms with E-state index in [2.05, 4.69) is 4.74 Å². The molecule has 1 unspecified atom stereocenters. The zero-order valence-corrected chi connectivity index (χ0v) is 6.87. The van der Waals surface area contributed by atoms with Crippen LogP contribution < -0.4 is 0 Å². The second-order valence-corrected chi connectivity index (χ2v) is 2.56. The molecule has 11 heavy (non-hydrogen) atoms. The molecule has 4 heteroatoms. The quantitative estimate of drug-likeness (QED) is 0.558. The lowest BCUT2D eigenvalue weighted by Crippen LogP contribution is -2.29. The number of nitrogens with zero attached hydrogens (tertiary/aromatic N) is 1. The van der Waals surface area contributed by atoms with Gasteiger partial charge < -0.3 is 14.4 Å². The summed E-state index contributed by atoms with van der Waals surface area (Å²) in [7, 11) is 3.05. The van der Waals surface area contributed by atoms with E-state index in [-0.39, 0.29) is 12.2 Å². The first-order valence-corrected chi connectivity index (χ1v) is 3.63. The molecule has 1 atom stereocenters. The Hall–Kier alpha value is -0.770. The van der Waals surface area contributed by atoms with Crippen molar-refractivity contribution in [1.82, 2.24) is 4.90 Å². The van der Waals surface area contributed by atoms with Gasteiger partial charge >= 0.3 is 6.09 Å². The summed E-state index contributed by atoms with van der Waals surface area (Å²) >= 11 is 0. The summed E-state index contributed by atoms with van der Waals surface area (Å²) in [6.45, 7) is 1.40.